The van der Waals surface area contributed by atoms with Crippen molar-refractivity contribution in [2.75, 3.05) is 30.2 Å². The second kappa shape index (κ2) is 7.17. The number of carbonyl (C=O) groups is 1. The molecule has 8 heteroatoms. The summed E-state index contributed by atoms with van der Waals surface area (Å²) in [7, 11) is -1.36. The number of benzene rings is 1. The molecule has 3 heterocycles. The molecule has 2 aliphatic heterocycles. The number of nitrogens with zero attached hydrogens (tertiary/aromatic N) is 1. The maximum Gasteiger partial charge on any atom is 0.263 e. The topological polar surface area (TPSA) is 68.1 Å². The number of carbonyl (C=O) groups excluding carboxylic acids is 1. The Labute approximate surface area is 169 Å². The predicted octanol–water partition coefficient (Wildman–Crippen LogP) is 1.56. The lowest BCUT2D eigenvalue weighted by atomic mass is 10.1. The van der Waals surface area contributed by atoms with Crippen LogP contribution in [0.15, 0.2) is 24.3 Å². The predicted molar refractivity (Wildman–Crippen MR) is 110 cm³/mol. The molecular weight excluding hydrogens is 396 g/mol. The Balaban J connectivity index is 1.68. The first-order chi connectivity index (χ1) is 13.3. The summed E-state index contributed by atoms with van der Waals surface area (Å²) >= 11 is 1.65. The van der Waals surface area contributed by atoms with Gasteiger partial charge in [-0.15, -0.1) is 11.3 Å². The number of hydrogen-bond donors (Lipinski definition) is 1. The number of hydrogen-bond acceptors (Lipinski definition) is 5. The molecule has 2 atom stereocenters. The van der Waals surface area contributed by atoms with Crippen molar-refractivity contribution in [3.8, 4) is 5.75 Å². The highest BCUT2D eigenvalue weighted by Crippen LogP contribution is 2.37. The molecule has 150 valence electrons. The summed E-state index contributed by atoms with van der Waals surface area (Å²) in [5.41, 5.74) is 3.00. The molecule has 0 aliphatic carbocycles. The molecule has 1 aromatic carbocycles. The number of nitrogens with one attached hydrogen (secondary N) is 1. The lowest BCUT2D eigenvalue weighted by molar-refractivity contribution is -0.936. The number of fused-ring (bicyclic) bond motifs is 1. The number of methoxy groups -OCH3 is 1. The summed E-state index contributed by atoms with van der Waals surface area (Å²) in [6, 6.07) is 7.18. The molecule has 2 aromatic rings. The van der Waals surface area contributed by atoms with Gasteiger partial charge in [0.25, 0.3) is 5.91 Å². The molecule has 1 N–H and O–H groups in total. The number of quaternary nitrogens is 1. The maximum atomic E-state index is 13.3. The Morgan fingerprint density at radius 2 is 1.96 bits per heavy atom. The van der Waals surface area contributed by atoms with Crippen LogP contribution in [-0.4, -0.2) is 45.7 Å². The number of sulfone groups is 1. The average molecular weight is 422 g/mol. The third-order valence-electron chi connectivity index (χ3n) is 5.89. The van der Waals surface area contributed by atoms with E-state index in [1.54, 1.807) is 42.7 Å². The number of rotatable bonds is 3. The Morgan fingerprint density at radius 1 is 1.25 bits per heavy atom. The van der Waals surface area contributed by atoms with Gasteiger partial charge in [-0.25, -0.2) is 8.42 Å². The molecule has 6 nitrogen and oxygen atoms in total. The van der Waals surface area contributed by atoms with Gasteiger partial charge in [-0.2, -0.15) is 0 Å². The number of thiophene rings is 1. The van der Waals surface area contributed by atoms with Gasteiger partial charge in [0.2, 0.25) is 0 Å². The number of anilines is 1. The zero-order valence-electron chi connectivity index (χ0n) is 16.3. The highest BCUT2D eigenvalue weighted by molar-refractivity contribution is 7.91. The van der Waals surface area contributed by atoms with Gasteiger partial charge in [-0.3, -0.25) is 9.69 Å². The van der Waals surface area contributed by atoms with Crippen LogP contribution in [0.3, 0.4) is 0 Å². The van der Waals surface area contributed by atoms with Gasteiger partial charge in [0.05, 0.1) is 12.9 Å². The van der Waals surface area contributed by atoms with Crippen LogP contribution in [0.2, 0.25) is 0 Å². The van der Waals surface area contributed by atoms with E-state index in [1.165, 1.54) is 16.0 Å². The third-order valence-corrected chi connectivity index (χ3v) is 8.93. The molecule has 1 saturated heterocycles. The van der Waals surface area contributed by atoms with E-state index in [4.69, 9.17) is 4.74 Å². The van der Waals surface area contributed by atoms with Crippen molar-refractivity contribution in [1.82, 2.24) is 0 Å². The fourth-order valence-electron chi connectivity index (χ4n) is 4.08. The fraction of sp³-hybridized carbons (Fsp3) is 0.450. The standard InChI is InChI=1S/C20H24N2O4S2/c1-13-14(2)27-20-18(13)10-21(16-8-9-28(24,25)11-16)12-22(20)19(23)15-4-6-17(26-3)7-5-15/h4-7,16H,8-12H2,1-3H3/p+1/t16-/m0/s1. The van der Waals surface area contributed by atoms with Gasteiger partial charge in [0.1, 0.15) is 29.1 Å². The largest absolute Gasteiger partial charge is 0.497 e. The second-order valence-corrected chi connectivity index (χ2v) is 11.1. The molecule has 0 spiro atoms. The SMILES string of the molecule is COc1ccc(C(=O)N2C[NH+]([C@H]3CCS(=O)(=O)C3)Cc3c2sc(C)c3C)cc1. The summed E-state index contributed by atoms with van der Waals surface area (Å²) in [5, 5.41) is 1.00. The normalized spacial score (nSPS) is 23.5. The maximum absolute atomic E-state index is 13.3. The van der Waals surface area contributed by atoms with E-state index < -0.39 is 9.84 Å². The van der Waals surface area contributed by atoms with E-state index in [-0.39, 0.29) is 23.5 Å². The van der Waals surface area contributed by atoms with Gasteiger partial charge in [-0.1, -0.05) is 0 Å². The summed E-state index contributed by atoms with van der Waals surface area (Å²) in [4.78, 5) is 17.5. The van der Waals surface area contributed by atoms with Crippen molar-refractivity contribution in [2.24, 2.45) is 0 Å². The molecule has 0 radical (unpaired) electrons. The Morgan fingerprint density at radius 3 is 2.57 bits per heavy atom. The zero-order chi connectivity index (χ0) is 20.1. The minimum Gasteiger partial charge on any atom is -0.497 e. The first kappa shape index (κ1) is 19.4. The van der Waals surface area contributed by atoms with Crippen molar-refractivity contribution in [3.63, 3.8) is 0 Å². The minimum atomic E-state index is -2.96. The van der Waals surface area contributed by atoms with E-state index in [0.717, 1.165) is 16.4 Å². The van der Waals surface area contributed by atoms with Crippen LogP contribution < -0.4 is 14.5 Å². The average Bonchev–Trinajstić information content (AvgIpc) is 3.19. The van der Waals surface area contributed by atoms with Crippen LogP contribution in [0.5, 0.6) is 5.75 Å². The monoisotopic (exact) mass is 421 g/mol. The lowest BCUT2D eigenvalue weighted by Gasteiger charge is -2.35. The Hall–Kier alpha value is -1.90. The highest BCUT2D eigenvalue weighted by atomic mass is 32.2. The lowest BCUT2D eigenvalue weighted by Crippen LogP contribution is -3.17. The molecule has 1 unspecified atom stereocenters. The molecule has 0 bridgehead atoms. The van der Waals surface area contributed by atoms with Crippen molar-refractivity contribution in [3.05, 3.63) is 45.8 Å². The molecule has 0 saturated carbocycles. The molecule has 1 amide bonds. The Kier molecular flexibility index (Phi) is 4.97. The highest BCUT2D eigenvalue weighted by Gasteiger charge is 2.41. The van der Waals surface area contributed by atoms with Crippen LogP contribution in [0, 0.1) is 13.8 Å². The first-order valence-corrected chi connectivity index (χ1v) is 12.0. The van der Waals surface area contributed by atoms with E-state index in [0.29, 0.717) is 24.4 Å². The molecule has 1 aromatic heterocycles. The minimum absolute atomic E-state index is 0.0453. The van der Waals surface area contributed by atoms with Crippen LogP contribution in [0.25, 0.3) is 0 Å². The van der Waals surface area contributed by atoms with Crippen LogP contribution >= 0.6 is 11.3 Å². The van der Waals surface area contributed by atoms with E-state index in [2.05, 4.69) is 13.8 Å². The first-order valence-electron chi connectivity index (χ1n) is 9.39. The zero-order valence-corrected chi connectivity index (χ0v) is 18.0. The van der Waals surface area contributed by atoms with Crippen molar-refractivity contribution < 1.29 is 22.8 Å². The summed E-state index contributed by atoms with van der Waals surface area (Å²) in [6.07, 6.45) is 0.666. The molecule has 2 aliphatic rings. The van der Waals surface area contributed by atoms with Gasteiger partial charge in [-0.05, 0) is 43.7 Å². The summed E-state index contributed by atoms with van der Waals surface area (Å²) in [5.74, 6) is 1.12. The third kappa shape index (κ3) is 3.44. The smallest absolute Gasteiger partial charge is 0.263 e. The van der Waals surface area contributed by atoms with Crippen molar-refractivity contribution in [2.45, 2.75) is 32.9 Å². The van der Waals surface area contributed by atoms with Crippen molar-refractivity contribution in [1.29, 1.82) is 0 Å². The van der Waals surface area contributed by atoms with Gasteiger partial charge < -0.3 is 9.64 Å². The van der Waals surface area contributed by atoms with Gasteiger partial charge in [0, 0.05) is 22.4 Å². The van der Waals surface area contributed by atoms with Crippen LogP contribution in [0.1, 0.15) is 32.8 Å². The van der Waals surface area contributed by atoms with E-state index in [1.807, 2.05) is 4.90 Å². The molecule has 28 heavy (non-hydrogen) atoms. The summed E-state index contributed by atoms with van der Waals surface area (Å²) < 4.78 is 29.2. The molecule has 1 fully saturated rings. The quantitative estimate of drug-likeness (QED) is 0.817. The molecular formula is C20H25N2O4S2+. The number of amides is 1. The van der Waals surface area contributed by atoms with E-state index >= 15 is 0 Å². The number of ether oxygens (including phenoxy) is 1. The summed E-state index contributed by atoms with van der Waals surface area (Å²) in [6.45, 7) is 5.44. The fourth-order valence-corrected chi connectivity index (χ4v) is 7.08. The van der Waals surface area contributed by atoms with Gasteiger partial charge in [0.15, 0.2) is 16.5 Å². The van der Waals surface area contributed by atoms with Crippen LogP contribution in [-0.2, 0) is 16.4 Å². The van der Waals surface area contributed by atoms with Crippen molar-refractivity contribution >= 4 is 32.1 Å². The van der Waals surface area contributed by atoms with Crippen LogP contribution in [0.4, 0.5) is 5.00 Å². The van der Waals surface area contributed by atoms with E-state index in [9.17, 15) is 13.2 Å². The molecule has 4 rings (SSSR count). The Bertz CT molecular complexity index is 1010. The second-order valence-electron chi connectivity index (χ2n) is 7.62. The number of aryl methyl sites for hydroxylation is 1. The van der Waals surface area contributed by atoms with Gasteiger partial charge >= 0.3 is 0 Å².